The summed E-state index contributed by atoms with van der Waals surface area (Å²) in [6.45, 7) is 4.36. The third kappa shape index (κ3) is 6.30. The number of hydrogen-bond acceptors (Lipinski definition) is 2. The molecule has 0 saturated heterocycles. The zero-order valence-corrected chi connectivity index (χ0v) is 10.1. The van der Waals surface area contributed by atoms with E-state index in [4.69, 9.17) is 5.11 Å². The number of hydrogen-bond donors (Lipinski definition) is 2. The summed E-state index contributed by atoms with van der Waals surface area (Å²) in [7, 11) is 0. The lowest BCUT2D eigenvalue weighted by atomic mass is 9.93. The van der Waals surface area contributed by atoms with Crippen LogP contribution in [0.4, 0.5) is 0 Å². The van der Waals surface area contributed by atoms with Gasteiger partial charge in [-0.2, -0.15) is 12.6 Å². The molecule has 2 atom stereocenters. The highest BCUT2D eigenvalue weighted by Gasteiger charge is 2.14. The maximum absolute atomic E-state index is 10.5. The van der Waals surface area contributed by atoms with Crippen molar-refractivity contribution in [3.05, 3.63) is 0 Å². The van der Waals surface area contributed by atoms with Crippen LogP contribution < -0.4 is 0 Å². The predicted octanol–water partition coefficient (Wildman–Crippen LogP) is 3.37. The molecule has 3 heteroatoms. The van der Waals surface area contributed by atoms with Gasteiger partial charge in [-0.25, -0.2) is 0 Å². The van der Waals surface area contributed by atoms with Gasteiger partial charge in [0.1, 0.15) is 0 Å². The van der Waals surface area contributed by atoms with Gasteiger partial charge in [0.2, 0.25) is 0 Å². The molecule has 2 nitrogen and oxygen atoms in total. The first-order valence-electron chi connectivity index (χ1n) is 5.52. The lowest BCUT2D eigenvalue weighted by Crippen LogP contribution is -2.14. The average Bonchev–Trinajstić information content (AvgIpc) is 2.17. The van der Waals surface area contributed by atoms with Crippen molar-refractivity contribution >= 4 is 18.6 Å². The van der Waals surface area contributed by atoms with Crippen LogP contribution in [0.3, 0.4) is 0 Å². The molecule has 0 aliphatic rings. The van der Waals surface area contributed by atoms with Crippen LogP contribution in [-0.2, 0) is 4.79 Å². The molecule has 0 aliphatic heterocycles. The largest absolute Gasteiger partial charge is 0.480 e. The Kier molecular flexibility index (Phi) is 8.05. The van der Waals surface area contributed by atoms with E-state index in [2.05, 4.69) is 26.5 Å². The molecule has 0 aromatic carbocycles. The Morgan fingerprint density at radius 3 is 2.36 bits per heavy atom. The maximum Gasteiger partial charge on any atom is 0.316 e. The van der Waals surface area contributed by atoms with E-state index in [0.717, 1.165) is 12.8 Å². The Bertz CT molecular complexity index is 159. The quantitative estimate of drug-likeness (QED) is 0.613. The van der Waals surface area contributed by atoms with Gasteiger partial charge in [-0.3, -0.25) is 4.79 Å². The number of carboxylic acids is 1. The van der Waals surface area contributed by atoms with Gasteiger partial charge in [0.15, 0.2) is 0 Å². The van der Waals surface area contributed by atoms with E-state index >= 15 is 0 Å². The first-order chi connectivity index (χ1) is 6.61. The van der Waals surface area contributed by atoms with E-state index in [-0.39, 0.29) is 0 Å². The molecule has 0 saturated carbocycles. The molecular formula is C11H22O2S. The SMILES string of the molecule is CCCCC(CC)CCC(S)C(=O)O. The minimum atomic E-state index is -0.793. The van der Waals surface area contributed by atoms with Crippen LogP contribution in [0.15, 0.2) is 0 Å². The molecule has 2 unspecified atom stereocenters. The molecule has 0 amide bonds. The molecule has 0 aromatic rings. The highest BCUT2D eigenvalue weighted by Crippen LogP contribution is 2.20. The molecule has 0 heterocycles. The second-order valence-electron chi connectivity index (χ2n) is 3.85. The predicted molar refractivity (Wildman–Crippen MR) is 62.9 cm³/mol. The molecule has 0 radical (unpaired) electrons. The second kappa shape index (κ2) is 8.16. The fraction of sp³-hybridized carbons (Fsp3) is 0.909. The lowest BCUT2D eigenvalue weighted by Gasteiger charge is -2.15. The van der Waals surface area contributed by atoms with Crippen molar-refractivity contribution in [2.45, 2.75) is 57.6 Å². The van der Waals surface area contributed by atoms with Crippen molar-refractivity contribution in [2.75, 3.05) is 0 Å². The van der Waals surface area contributed by atoms with Gasteiger partial charge in [0, 0.05) is 0 Å². The topological polar surface area (TPSA) is 37.3 Å². The summed E-state index contributed by atoms with van der Waals surface area (Å²) in [6, 6.07) is 0. The van der Waals surface area contributed by atoms with E-state index < -0.39 is 11.2 Å². The van der Waals surface area contributed by atoms with Crippen LogP contribution in [0.5, 0.6) is 0 Å². The fourth-order valence-electron chi connectivity index (χ4n) is 1.56. The molecule has 1 N–H and O–H groups in total. The zero-order valence-electron chi connectivity index (χ0n) is 9.20. The summed E-state index contributed by atoms with van der Waals surface area (Å²) in [5.74, 6) is -0.109. The number of carboxylic acid groups (broad SMARTS) is 1. The minimum Gasteiger partial charge on any atom is -0.480 e. The van der Waals surface area contributed by atoms with Gasteiger partial charge < -0.3 is 5.11 Å². The van der Waals surface area contributed by atoms with Gasteiger partial charge in [-0.15, -0.1) is 0 Å². The number of rotatable bonds is 8. The third-order valence-corrected chi connectivity index (χ3v) is 3.16. The smallest absolute Gasteiger partial charge is 0.316 e. The van der Waals surface area contributed by atoms with E-state index in [0.29, 0.717) is 12.3 Å². The number of unbranched alkanes of at least 4 members (excludes halogenated alkanes) is 1. The molecule has 0 spiro atoms. The van der Waals surface area contributed by atoms with E-state index in [1.54, 1.807) is 0 Å². The van der Waals surface area contributed by atoms with Crippen molar-refractivity contribution in [1.82, 2.24) is 0 Å². The van der Waals surface area contributed by atoms with Crippen molar-refractivity contribution in [2.24, 2.45) is 5.92 Å². The van der Waals surface area contributed by atoms with Crippen LogP contribution >= 0.6 is 12.6 Å². The number of carbonyl (C=O) groups is 1. The molecule has 0 aliphatic carbocycles. The molecule has 84 valence electrons. The van der Waals surface area contributed by atoms with Gasteiger partial charge in [-0.1, -0.05) is 39.5 Å². The highest BCUT2D eigenvalue weighted by molar-refractivity contribution is 7.81. The summed E-state index contributed by atoms with van der Waals surface area (Å²) < 4.78 is 0. The highest BCUT2D eigenvalue weighted by atomic mass is 32.1. The summed E-state index contributed by atoms with van der Waals surface area (Å²) in [5, 5.41) is 8.19. The van der Waals surface area contributed by atoms with Gasteiger partial charge >= 0.3 is 5.97 Å². The van der Waals surface area contributed by atoms with Crippen molar-refractivity contribution in [1.29, 1.82) is 0 Å². The average molecular weight is 218 g/mol. The Labute approximate surface area is 92.5 Å². The van der Waals surface area contributed by atoms with Crippen molar-refractivity contribution in [3.63, 3.8) is 0 Å². The number of thiol groups is 1. The van der Waals surface area contributed by atoms with E-state index in [1.807, 2.05) is 0 Å². The van der Waals surface area contributed by atoms with E-state index in [1.165, 1.54) is 19.3 Å². The summed E-state index contributed by atoms with van der Waals surface area (Å²) >= 11 is 4.03. The first-order valence-corrected chi connectivity index (χ1v) is 6.04. The van der Waals surface area contributed by atoms with Crippen LogP contribution in [0.2, 0.25) is 0 Å². The maximum atomic E-state index is 10.5. The molecule has 0 aromatic heterocycles. The van der Waals surface area contributed by atoms with Crippen LogP contribution in [0, 0.1) is 5.92 Å². The number of aliphatic carboxylic acids is 1. The first kappa shape index (κ1) is 13.8. The Morgan fingerprint density at radius 1 is 1.29 bits per heavy atom. The summed E-state index contributed by atoms with van der Waals surface area (Å²) in [6.07, 6.45) is 6.55. The molecule has 0 fully saturated rings. The van der Waals surface area contributed by atoms with Crippen LogP contribution in [-0.4, -0.2) is 16.3 Å². The standard InChI is InChI=1S/C11H22O2S/c1-3-5-6-9(4-2)7-8-10(14)11(12)13/h9-10,14H,3-8H2,1-2H3,(H,12,13). The Hall–Kier alpha value is -0.180. The molecule has 0 bridgehead atoms. The Morgan fingerprint density at radius 2 is 1.93 bits per heavy atom. The van der Waals surface area contributed by atoms with Gasteiger partial charge in [0.05, 0.1) is 5.25 Å². The van der Waals surface area contributed by atoms with E-state index in [9.17, 15) is 4.79 Å². The molecule has 0 rings (SSSR count). The third-order valence-electron chi connectivity index (χ3n) is 2.68. The lowest BCUT2D eigenvalue weighted by molar-refractivity contribution is -0.136. The zero-order chi connectivity index (χ0) is 11.0. The summed E-state index contributed by atoms with van der Waals surface area (Å²) in [4.78, 5) is 10.5. The molecular weight excluding hydrogens is 196 g/mol. The summed E-state index contributed by atoms with van der Waals surface area (Å²) in [5.41, 5.74) is 0. The van der Waals surface area contributed by atoms with Crippen molar-refractivity contribution in [3.8, 4) is 0 Å². The van der Waals surface area contributed by atoms with Crippen LogP contribution in [0.1, 0.15) is 52.4 Å². The van der Waals surface area contributed by atoms with Crippen molar-refractivity contribution < 1.29 is 9.90 Å². The Balaban J connectivity index is 3.66. The monoisotopic (exact) mass is 218 g/mol. The fourth-order valence-corrected chi connectivity index (χ4v) is 1.71. The van der Waals surface area contributed by atoms with Crippen LogP contribution in [0.25, 0.3) is 0 Å². The minimum absolute atomic E-state index is 0.481. The van der Waals surface area contributed by atoms with Gasteiger partial charge in [-0.05, 0) is 18.8 Å². The molecule has 14 heavy (non-hydrogen) atoms. The van der Waals surface area contributed by atoms with Gasteiger partial charge in [0.25, 0.3) is 0 Å². The normalized spacial score (nSPS) is 15.1. The second-order valence-corrected chi connectivity index (χ2v) is 4.47.